The Morgan fingerprint density at radius 2 is 1.82 bits per heavy atom. The number of carbonyl (C=O) groups is 2. The van der Waals surface area contributed by atoms with Gasteiger partial charge in [0, 0.05) is 68.5 Å². The normalized spacial score (nSPS) is 15.7. The third-order valence-corrected chi connectivity index (χ3v) is 7.60. The fraction of sp³-hybridized carbons (Fsp3) is 0.310. The van der Waals surface area contributed by atoms with Gasteiger partial charge < -0.3 is 25.2 Å². The molecule has 2 amide bonds. The molecule has 0 unspecified atom stereocenters. The van der Waals surface area contributed by atoms with E-state index in [-0.39, 0.29) is 23.5 Å². The predicted molar refractivity (Wildman–Crippen MR) is 148 cm³/mol. The quantitative estimate of drug-likeness (QED) is 0.385. The maximum atomic E-state index is 14.3. The average Bonchev–Trinajstić information content (AvgIpc) is 3.37. The zero-order valence-electron chi connectivity index (χ0n) is 22.4. The molecule has 0 radical (unpaired) electrons. The lowest BCUT2D eigenvalue weighted by molar-refractivity contribution is -0.138. The Morgan fingerprint density at radius 1 is 1.05 bits per heavy atom. The molecule has 11 heteroatoms. The number of methoxy groups -OCH3 is 1. The maximum Gasteiger partial charge on any atom is 0.254 e. The van der Waals surface area contributed by atoms with Gasteiger partial charge in [-0.05, 0) is 48.9 Å². The predicted octanol–water partition coefficient (Wildman–Crippen LogP) is 3.10. The molecule has 0 saturated carbocycles. The van der Waals surface area contributed by atoms with Crippen LogP contribution in [-0.4, -0.2) is 82.4 Å². The van der Waals surface area contributed by atoms with E-state index < -0.39 is 5.82 Å². The van der Waals surface area contributed by atoms with Crippen molar-refractivity contribution in [2.24, 2.45) is 5.92 Å². The Bertz CT molecular complexity index is 1590. The van der Waals surface area contributed by atoms with Crippen molar-refractivity contribution in [2.45, 2.75) is 6.92 Å². The Hall–Kier alpha value is -4.51. The van der Waals surface area contributed by atoms with E-state index in [1.807, 2.05) is 39.3 Å². The molecule has 6 rings (SSSR count). The van der Waals surface area contributed by atoms with Crippen molar-refractivity contribution >= 4 is 29.0 Å². The Labute approximate surface area is 230 Å². The highest BCUT2D eigenvalue weighted by molar-refractivity contribution is 5.96. The molecule has 0 aliphatic carbocycles. The number of nitrogens with zero attached hydrogens (tertiary/aromatic N) is 5. The first kappa shape index (κ1) is 25.8. The number of fused-ring (bicyclic) bond motifs is 1. The number of aryl methyl sites for hydroxylation is 1. The first-order valence-corrected chi connectivity index (χ1v) is 13.3. The zero-order valence-corrected chi connectivity index (χ0v) is 22.4. The number of rotatable bonds is 6. The highest BCUT2D eigenvalue weighted by Gasteiger charge is 2.32. The minimum Gasteiger partial charge on any atom is -0.494 e. The lowest BCUT2D eigenvalue weighted by Crippen LogP contribution is -2.57. The van der Waals surface area contributed by atoms with Crippen LogP contribution in [0, 0.1) is 18.7 Å². The van der Waals surface area contributed by atoms with Crippen LogP contribution >= 0.6 is 0 Å². The number of hydrogen-bond donors (Lipinski definition) is 2. The van der Waals surface area contributed by atoms with Crippen LogP contribution in [0.4, 0.5) is 15.9 Å². The summed E-state index contributed by atoms with van der Waals surface area (Å²) in [5.74, 6) is 0.479. The minimum absolute atomic E-state index is 0.0358. The molecule has 2 aromatic heterocycles. The van der Waals surface area contributed by atoms with Crippen molar-refractivity contribution in [3.63, 3.8) is 0 Å². The van der Waals surface area contributed by atoms with E-state index in [2.05, 4.69) is 20.6 Å². The van der Waals surface area contributed by atoms with E-state index in [9.17, 15) is 14.0 Å². The first-order valence-electron chi connectivity index (χ1n) is 13.3. The monoisotopic (exact) mass is 543 g/mol. The molecule has 2 saturated heterocycles. The SMILES string of the molecule is COc1ccc(-c2cnc3c(Nc4ccc(C(=O)N5CCN(C(=O)C6CNC6)CC5)c(C)c4)nccn23)cc1F. The Kier molecular flexibility index (Phi) is 6.81. The minimum atomic E-state index is -0.450. The summed E-state index contributed by atoms with van der Waals surface area (Å²) in [6.07, 6.45) is 5.10. The third kappa shape index (κ3) is 4.73. The van der Waals surface area contributed by atoms with E-state index in [1.54, 1.807) is 30.7 Å². The molecule has 4 heterocycles. The van der Waals surface area contributed by atoms with Crippen molar-refractivity contribution in [3.05, 3.63) is 71.9 Å². The van der Waals surface area contributed by atoms with E-state index in [4.69, 9.17) is 4.74 Å². The van der Waals surface area contributed by atoms with Crippen LogP contribution in [0.2, 0.25) is 0 Å². The van der Waals surface area contributed by atoms with Crippen LogP contribution in [0.15, 0.2) is 55.0 Å². The number of piperazine rings is 1. The second-order valence-electron chi connectivity index (χ2n) is 10.1. The van der Waals surface area contributed by atoms with E-state index >= 15 is 0 Å². The van der Waals surface area contributed by atoms with Crippen LogP contribution in [0.25, 0.3) is 16.9 Å². The number of aromatic nitrogens is 3. The zero-order chi connectivity index (χ0) is 27.8. The van der Waals surface area contributed by atoms with Gasteiger partial charge >= 0.3 is 0 Å². The highest BCUT2D eigenvalue weighted by atomic mass is 19.1. The fourth-order valence-corrected chi connectivity index (χ4v) is 5.19. The topological polar surface area (TPSA) is 104 Å². The molecule has 0 bridgehead atoms. The lowest BCUT2D eigenvalue weighted by Gasteiger charge is -2.38. The van der Waals surface area contributed by atoms with Gasteiger partial charge in [-0.2, -0.15) is 0 Å². The van der Waals surface area contributed by atoms with Gasteiger partial charge in [-0.3, -0.25) is 14.0 Å². The molecule has 2 aliphatic rings. The molecule has 40 heavy (non-hydrogen) atoms. The molecule has 0 spiro atoms. The smallest absolute Gasteiger partial charge is 0.254 e. The average molecular weight is 544 g/mol. The molecule has 0 atom stereocenters. The number of amides is 2. The number of imidazole rings is 1. The summed E-state index contributed by atoms with van der Waals surface area (Å²) in [5, 5.41) is 6.44. The number of halogens is 1. The molecule has 2 N–H and O–H groups in total. The van der Waals surface area contributed by atoms with Crippen LogP contribution in [0.3, 0.4) is 0 Å². The molecule has 2 fully saturated rings. The molecule has 4 aromatic rings. The van der Waals surface area contributed by atoms with E-state index in [0.717, 1.165) is 24.3 Å². The summed E-state index contributed by atoms with van der Waals surface area (Å²) < 4.78 is 21.2. The van der Waals surface area contributed by atoms with Gasteiger partial charge in [0.1, 0.15) is 0 Å². The summed E-state index contributed by atoms with van der Waals surface area (Å²) in [5.41, 5.74) is 4.18. The van der Waals surface area contributed by atoms with Crippen molar-refractivity contribution in [2.75, 3.05) is 51.7 Å². The Morgan fingerprint density at radius 3 is 2.50 bits per heavy atom. The summed E-state index contributed by atoms with van der Waals surface area (Å²) in [4.78, 5) is 38.4. The van der Waals surface area contributed by atoms with Crippen LogP contribution < -0.4 is 15.4 Å². The van der Waals surface area contributed by atoms with E-state index in [0.29, 0.717) is 54.5 Å². The van der Waals surface area contributed by atoms with Gasteiger partial charge in [-0.15, -0.1) is 0 Å². The molecule has 2 aromatic carbocycles. The van der Waals surface area contributed by atoms with Crippen molar-refractivity contribution in [3.8, 4) is 17.0 Å². The van der Waals surface area contributed by atoms with Crippen LogP contribution in [-0.2, 0) is 4.79 Å². The van der Waals surface area contributed by atoms with Crippen LogP contribution in [0.1, 0.15) is 15.9 Å². The van der Waals surface area contributed by atoms with Gasteiger partial charge in [0.25, 0.3) is 5.91 Å². The van der Waals surface area contributed by atoms with Crippen molar-refractivity contribution in [1.29, 1.82) is 0 Å². The Balaban J connectivity index is 1.16. The number of anilines is 2. The summed E-state index contributed by atoms with van der Waals surface area (Å²) in [7, 11) is 1.43. The molecular formula is C29H30FN7O3. The number of hydrogen-bond acceptors (Lipinski definition) is 7. The number of carbonyl (C=O) groups excluding carboxylic acids is 2. The van der Waals surface area contributed by atoms with Gasteiger partial charge in [0.15, 0.2) is 23.0 Å². The third-order valence-electron chi connectivity index (χ3n) is 7.60. The summed E-state index contributed by atoms with van der Waals surface area (Å²) in [6, 6.07) is 10.3. The summed E-state index contributed by atoms with van der Waals surface area (Å²) >= 11 is 0. The van der Waals surface area contributed by atoms with E-state index in [1.165, 1.54) is 13.2 Å². The van der Waals surface area contributed by atoms with Crippen molar-refractivity contribution in [1.82, 2.24) is 29.5 Å². The fourth-order valence-electron chi connectivity index (χ4n) is 5.19. The van der Waals surface area contributed by atoms with Gasteiger partial charge in [-0.1, -0.05) is 0 Å². The van der Waals surface area contributed by atoms with Gasteiger partial charge in [0.2, 0.25) is 5.91 Å². The number of nitrogens with one attached hydrogen (secondary N) is 2. The molecule has 206 valence electrons. The van der Waals surface area contributed by atoms with Crippen molar-refractivity contribution < 1.29 is 18.7 Å². The molecular weight excluding hydrogens is 513 g/mol. The number of benzene rings is 2. The number of ether oxygens (including phenoxy) is 1. The second-order valence-corrected chi connectivity index (χ2v) is 10.1. The standard InChI is InChI=1S/C29H30FN7O3/c1-18-13-21(4-5-22(18)29(39)36-11-9-35(10-12-36)28(38)20-15-31-16-20)34-26-27-33-17-24(37(27)8-7-32-26)19-3-6-25(40-2)23(30)14-19/h3-8,13-14,17,20,31H,9-12,15-16H2,1-2H3,(H,32,34). The van der Waals surface area contributed by atoms with Crippen LogP contribution in [0.5, 0.6) is 5.75 Å². The first-order chi connectivity index (χ1) is 19.4. The second kappa shape index (κ2) is 10.6. The summed E-state index contributed by atoms with van der Waals surface area (Å²) in [6.45, 7) is 5.56. The van der Waals surface area contributed by atoms with Gasteiger partial charge in [-0.25, -0.2) is 14.4 Å². The highest BCUT2D eigenvalue weighted by Crippen LogP contribution is 2.29. The lowest BCUT2D eigenvalue weighted by atomic mass is 10.0. The van der Waals surface area contributed by atoms with Gasteiger partial charge in [0.05, 0.1) is 24.9 Å². The molecule has 10 nitrogen and oxygen atoms in total. The largest absolute Gasteiger partial charge is 0.494 e. The maximum absolute atomic E-state index is 14.3. The molecule has 2 aliphatic heterocycles.